The molecule has 0 aliphatic carbocycles. The highest BCUT2D eigenvalue weighted by molar-refractivity contribution is 7.94. The molecule has 1 heterocycles. The highest BCUT2D eigenvalue weighted by atomic mass is 32.2. The van der Waals surface area contributed by atoms with E-state index in [1.54, 1.807) is 0 Å². The first kappa shape index (κ1) is 12.3. The molecular weight excluding hydrogens is 232 g/mol. The third kappa shape index (κ3) is 2.27. The molecule has 0 bridgehead atoms. The smallest absolute Gasteiger partial charge is 0.141 e. The number of aliphatic imine (C=N–C) groups is 1. The number of nitrogens with zero attached hydrogens (tertiary/aromatic N) is 2. The largest absolute Gasteiger partial charge is 0.244 e. The molecule has 0 radical (unpaired) electrons. The summed E-state index contributed by atoms with van der Waals surface area (Å²) >= 11 is 0. The van der Waals surface area contributed by atoms with Crippen molar-refractivity contribution in [1.82, 2.24) is 0 Å². The minimum atomic E-state index is -2.30. The van der Waals surface area contributed by atoms with Crippen LogP contribution in [0.2, 0.25) is 0 Å². The first-order valence-corrected chi connectivity index (χ1v) is 7.67. The van der Waals surface area contributed by atoms with Gasteiger partial charge in [0, 0.05) is 11.7 Å². The van der Waals surface area contributed by atoms with Crippen LogP contribution < -0.4 is 0 Å². The minimum Gasteiger partial charge on any atom is -0.244 e. The number of hydrogen-bond donors (Lipinski definition) is 0. The zero-order valence-corrected chi connectivity index (χ0v) is 11.3. The van der Waals surface area contributed by atoms with Gasteiger partial charge in [0.05, 0.1) is 20.3 Å². The molecule has 0 saturated carbocycles. The van der Waals surface area contributed by atoms with Gasteiger partial charge in [-0.3, -0.25) is 0 Å². The quantitative estimate of drug-likeness (QED) is 0.807. The molecule has 0 amide bonds. The second-order valence-corrected chi connectivity index (χ2v) is 6.84. The maximum Gasteiger partial charge on any atom is 0.141 e. The molecule has 1 aliphatic rings. The van der Waals surface area contributed by atoms with Crippen molar-refractivity contribution in [3.05, 3.63) is 24.3 Å². The van der Waals surface area contributed by atoms with Crippen LogP contribution in [0.5, 0.6) is 0 Å². The van der Waals surface area contributed by atoms with Gasteiger partial charge in [0.15, 0.2) is 0 Å². The Balaban J connectivity index is 2.66. The van der Waals surface area contributed by atoms with Crippen LogP contribution in [0.4, 0.5) is 5.69 Å². The van der Waals surface area contributed by atoms with Crippen LogP contribution in [0.3, 0.4) is 0 Å². The number of rotatable bonds is 3. The van der Waals surface area contributed by atoms with Crippen molar-refractivity contribution in [1.29, 1.82) is 0 Å². The molecule has 0 N–H and O–H groups in total. The lowest BCUT2D eigenvalue weighted by atomic mass is 10.2. The highest BCUT2D eigenvalue weighted by Gasteiger charge is 2.22. The minimum absolute atomic E-state index is 0.209. The average molecular weight is 250 g/mol. The Labute approximate surface area is 103 Å². The zero-order chi connectivity index (χ0) is 12.5. The van der Waals surface area contributed by atoms with E-state index in [9.17, 15) is 4.21 Å². The maximum atomic E-state index is 12.9. The fourth-order valence-electron chi connectivity index (χ4n) is 1.83. The number of fused-ring (bicyclic) bond motifs is 1. The molecule has 1 aromatic rings. The zero-order valence-electron chi connectivity index (χ0n) is 10.5. The molecule has 0 spiro atoms. The molecule has 92 valence electrons. The van der Waals surface area contributed by atoms with Crippen LogP contribution in [-0.4, -0.2) is 15.8 Å². The molecule has 1 unspecified atom stereocenters. The van der Waals surface area contributed by atoms with E-state index in [1.165, 1.54) is 0 Å². The van der Waals surface area contributed by atoms with E-state index in [0.29, 0.717) is 11.6 Å². The van der Waals surface area contributed by atoms with Crippen LogP contribution in [-0.2, 0) is 9.73 Å². The number of amidine groups is 1. The van der Waals surface area contributed by atoms with Crippen molar-refractivity contribution < 1.29 is 4.21 Å². The van der Waals surface area contributed by atoms with E-state index in [1.807, 2.05) is 45.0 Å². The van der Waals surface area contributed by atoms with Gasteiger partial charge in [0.25, 0.3) is 0 Å². The van der Waals surface area contributed by atoms with Crippen molar-refractivity contribution in [2.75, 3.05) is 5.75 Å². The summed E-state index contributed by atoms with van der Waals surface area (Å²) in [6, 6.07) is 7.64. The van der Waals surface area contributed by atoms with Crippen molar-refractivity contribution >= 4 is 21.3 Å². The molecule has 2 rings (SSSR count). The van der Waals surface area contributed by atoms with Crippen molar-refractivity contribution in [2.45, 2.75) is 32.1 Å². The third-order valence-electron chi connectivity index (χ3n) is 2.68. The van der Waals surface area contributed by atoms with Crippen LogP contribution in [0.1, 0.15) is 27.2 Å². The summed E-state index contributed by atoms with van der Waals surface area (Å²) in [4.78, 5) is 5.29. The molecule has 0 saturated heterocycles. The standard InChI is InChI=1S/C13H18N2OS/c1-4-9-17(16)12-8-6-5-7-11(12)14-13(15-17)10(2)3/h5-8,10H,4,9H2,1-3H3. The van der Waals surface area contributed by atoms with E-state index in [0.717, 1.165) is 17.0 Å². The van der Waals surface area contributed by atoms with Gasteiger partial charge in [-0.15, -0.1) is 0 Å². The molecule has 1 aliphatic heterocycles. The predicted molar refractivity (Wildman–Crippen MR) is 72.4 cm³/mol. The normalized spacial score (nSPS) is 22.9. The molecule has 1 aromatic carbocycles. The molecule has 3 nitrogen and oxygen atoms in total. The fourth-order valence-corrected chi connectivity index (χ4v) is 4.08. The average Bonchev–Trinajstić information content (AvgIpc) is 2.29. The van der Waals surface area contributed by atoms with E-state index >= 15 is 0 Å². The summed E-state index contributed by atoms with van der Waals surface area (Å²) in [5.74, 6) is 1.53. The van der Waals surface area contributed by atoms with Gasteiger partial charge in [-0.05, 0) is 18.6 Å². The van der Waals surface area contributed by atoms with Gasteiger partial charge in [0.2, 0.25) is 0 Å². The second kappa shape index (κ2) is 4.61. The van der Waals surface area contributed by atoms with Crippen LogP contribution in [0.25, 0.3) is 0 Å². The summed E-state index contributed by atoms with van der Waals surface area (Å²) in [5, 5.41) is 0. The molecule has 17 heavy (non-hydrogen) atoms. The molecule has 0 fully saturated rings. The fraction of sp³-hybridized carbons (Fsp3) is 0.462. The number of hydrogen-bond acceptors (Lipinski definition) is 3. The molecule has 4 heteroatoms. The van der Waals surface area contributed by atoms with Gasteiger partial charge >= 0.3 is 0 Å². The van der Waals surface area contributed by atoms with Gasteiger partial charge in [-0.1, -0.05) is 32.9 Å². The van der Waals surface area contributed by atoms with Crippen molar-refractivity contribution in [3.8, 4) is 0 Å². The third-order valence-corrected chi connectivity index (χ3v) is 5.16. The van der Waals surface area contributed by atoms with E-state index in [4.69, 9.17) is 0 Å². The highest BCUT2D eigenvalue weighted by Crippen LogP contribution is 2.32. The molecule has 0 aromatic heterocycles. The summed E-state index contributed by atoms with van der Waals surface area (Å²) in [6.07, 6.45) is 0.863. The van der Waals surface area contributed by atoms with E-state index in [-0.39, 0.29) is 5.92 Å². The Morgan fingerprint density at radius 1 is 1.29 bits per heavy atom. The number of benzene rings is 1. The Hall–Kier alpha value is -1.16. The maximum absolute atomic E-state index is 12.9. The van der Waals surface area contributed by atoms with Gasteiger partial charge in [-0.2, -0.15) is 4.36 Å². The SMILES string of the molecule is CCCS1(=O)=NC(C(C)C)=Nc2ccccc21. The summed E-state index contributed by atoms with van der Waals surface area (Å²) in [5.41, 5.74) is 0.824. The van der Waals surface area contributed by atoms with Gasteiger partial charge < -0.3 is 0 Å². The Kier molecular flexibility index (Phi) is 3.33. The number of para-hydroxylation sites is 1. The predicted octanol–water partition coefficient (Wildman–Crippen LogP) is 3.62. The molecule has 1 atom stereocenters. The van der Waals surface area contributed by atoms with Crippen molar-refractivity contribution in [2.24, 2.45) is 15.3 Å². The van der Waals surface area contributed by atoms with Gasteiger partial charge in [0.1, 0.15) is 5.84 Å². The summed E-state index contributed by atoms with van der Waals surface area (Å²) < 4.78 is 17.3. The summed E-state index contributed by atoms with van der Waals surface area (Å²) in [6.45, 7) is 6.09. The Morgan fingerprint density at radius 3 is 2.65 bits per heavy atom. The van der Waals surface area contributed by atoms with Crippen LogP contribution in [0, 0.1) is 5.92 Å². The lowest BCUT2D eigenvalue weighted by molar-refractivity contribution is 0.674. The van der Waals surface area contributed by atoms with E-state index in [2.05, 4.69) is 9.36 Å². The van der Waals surface area contributed by atoms with E-state index < -0.39 is 9.73 Å². The molecular formula is C13H18N2OS. The topological polar surface area (TPSA) is 41.8 Å². The first-order valence-electron chi connectivity index (χ1n) is 5.99. The second-order valence-electron chi connectivity index (χ2n) is 4.53. The lowest BCUT2D eigenvalue weighted by Crippen LogP contribution is -2.16. The summed E-state index contributed by atoms with van der Waals surface area (Å²) in [7, 11) is -2.30. The van der Waals surface area contributed by atoms with Crippen LogP contribution >= 0.6 is 0 Å². The first-order chi connectivity index (χ1) is 8.07. The lowest BCUT2D eigenvalue weighted by Gasteiger charge is -2.18. The Bertz CT molecular complexity index is 567. The van der Waals surface area contributed by atoms with Gasteiger partial charge in [-0.25, -0.2) is 9.20 Å². The monoisotopic (exact) mass is 250 g/mol. The van der Waals surface area contributed by atoms with Crippen molar-refractivity contribution in [3.63, 3.8) is 0 Å². The van der Waals surface area contributed by atoms with Crippen LogP contribution in [0.15, 0.2) is 38.5 Å². The Morgan fingerprint density at radius 2 is 2.00 bits per heavy atom.